The Hall–Kier alpha value is -1.35. The zero-order valence-electron chi connectivity index (χ0n) is 11.1. The molecule has 0 N–H and O–H groups in total. The van der Waals surface area contributed by atoms with Gasteiger partial charge in [0.1, 0.15) is 0 Å². The highest BCUT2D eigenvalue weighted by Crippen LogP contribution is 2.19. The third-order valence-electron chi connectivity index (χ3n) is 2.90. The summed E-state index contributed by atoms with van der Waals surface area (Å²) in [5.41, 5.74) is 1.03. The first kappa shape index (κ1) is 14.1. The van der Waals surface area contributed by atoms with Crippen molar-refractivity contribution in [3.8, 4) is 11.8 Å². The van der Waals surface area contributed by atoms with Crippen LogP contribution in [-0.4, -0.2) is 38.5 Å². The van der Waals surface area contributed by atoms with Crippen LogP contribution in [0.4, 0.5) is 0 Å². The Balaban J connectivity index is 2.25. The Kier molecular flexibility index (Phi) is 4.25. The molecule has 1 atom stereocenters. The van der Waals surface area contributed by atoms with E-state index < -0.39 is 10.0 Å². The summed E-state index contributed by atoms with van der Waals surface area (Å²) >= 11 is 0. The van der Waals surface area contributed by atoms with Gasteiger partial charge in [-0.1, -0.05) is 23.6 Å². The largest absolute Gasteiger partial charge is 0.372 e. The molecule has 19 heavy (non-hydrogen) atoms. The number of sulfonamides is 1. The monoisotopic (exact) mass is 279 g/mol. The van der Waals surface area contributed by atoms with Gasteiger partial charge in [0.25, 0.3) is 0 Å². The van der Waals surface area contributed by atoms with Gasteiger partial charge in [-0.05, 0) is 26.0 Å². The summed E-state index contributed by atoms with van der Waals surface area (Å²) in [5, 5.41) is 0. The van der Waals surface area contributed by atoms with E-state index >= 15 is 0 Å². The van der Waals surface area contributed by atoms with Gasteiger partial charge in [-0.15, -0.1) is 5.92 Å². The smallest absolute Gasteiger partial charge is 0.244 e. The topological polar surface area (TPSA) is 49.9 Å². The number of epoxide rings is 1. The number of rotatable bonds is 5. The number of ether oxygens (including phenoxy) is 1. The van der Waals surface area contributed by atoms with Crippen LogP contribution in [-0.2, 0) is 14.8 Å². The third-order valence-corrected chi connectivity index (χ3v) is 4.73. The average molecular weight is 279 g/mol. The lowest BCUT2D eigenvalue weighted by molar-refractivity contribution is 0.350. The molecular weight excluding hydrogens is 262 g/mol. The summed E-state index contributed by atoms with van der Waals surface area (Å²) in [6.07, 6.45) is 0.0129. The zero-order valence-corrected chi connectivity index (χ0v) is 11.9. The van der Waals surface area contributed by atoms with Crippen molar-refractivity contribution in [1.82, 2.24) is 4.31 Å². The molecule has 0 spiro atoms. The molecule has 1 unspecified atom stereocenters. The summed E-state index contributed by atoms with van der Waals surface area (Å²) in [5.74, 6) is 5.54. The van der Waals surface area contributed by atoms with Crippen molar-refractivity contribution in [3.05, 3.63) is 29.8 Å². The molecule has 0 aromatic heterocycles. The predicted molar refractivity (Wildman–Crippen MR) is 73.1 cm³/mol. The maximum absolute atomic E-state index is 12.5. The van der Waals surface area contributed by atoms with Crippen LogP contribution < -0.4 is 0 Å². The van der Waals surface area contributed by atoms with Gasteiger partial charge >= 0.3 is 0 Å². The first-order chi connectivity index (χ1) is 9.04. The van der Waals surface area contributed by atoms with Crippen molar-refractivity contribution in [2.75, 3.05) is 19.7 Å². The fourth-order valence-corrected chi connectivity index (χ4v) is 3.05. The van der Waals surface area contributed by atoms with Gasteiger partial charge in [0.05, 0.1) is 24.2 Å². The molecule has 1 fully saturated rings. The van der Waals surface area contributed by atoms with E-state index in [4.69, 9.17) is 4.74 Å². The molecular formula is C14H17NO3S. The van der Waals surface area contributed by atoms with E-state index in [-0.39, 0.29) is 12.6 Å². The van der Waals surface area contributed by atoms with Crippen molar-refractivity contribution < 1.29 is 13.2 Å². The SMILES string of the molecule is CC#CCN(CC1CO1)S(=O)(=O)c1ccc(C)cc1. The van der Waals surface area contributed by atoms with Crippen LogP contribution >= 0.6 is 0 Å². The van der Waals surface area contributed by atoms with E-state index in [9.17, 15) is 8.42 Å². The first-order valence-electron chi connectivity index (χ1n) is 6.12. The molecule has 0 bridgehead atoms. The molecule has 1 aliphatic rings. The highest BCUT2D eigenvalue weighted by molar-refractivity contribution is 7.89. The second-order valence-corrected chi connectivity index (χ2v) is 6.43. The second kappa shape index (κ2) is 5.74. The molecule has 1 aromatic carbocycles. The van der Waals surface area contributed by atoms with Crippen molar-refractivity contribution in [3.63, 3.8) is 0 Å². The molecule has 0 aliphatic carbocycles. The molecule has 0 amide bonds. The fourth-order valence-electron chi connectivity index (χ4n) is 1.67. The van der Waals surface area contributed by atoms with Crippen molar-refractivity contribution in [1.29, 1.82) is 0 Å². The molecule has 5 heteroatoms. The lowest BCUT2D eigenvalue weighted by Crippen LogP contribution is -2.34. The van der Waals surface area contributed by atoms with Gasteiger partial charge < -0.3 is 4.74 Å². The maximum atomic E-state index is 12.5. The van der Waals surface area contributed by atoms with Crippen LogP contribution in [0.3, 0.4) is 0 Å². The van der Waals surface area contributed by atoms with E-state index in [1.54, 1.807) is 31.2 Å². The minimum absolute atomic E-state index is 0.0129. The number of benzene rings is 1. The molecule has 2 rings (SSSR count). The Morgan fingerprint density at radius 3 is 2.53 bits per heavy atom. The summed E-state index contributed by atoms with van der Waals surface area (Å²) in [6.45, 7) is 4.82. The van der Waals surface area contributed by atoms with E-state index in [1.165, 1.54) is 4.31 Å². The van der Waals surface area contributed by atoms with Gasteiger partial charge in [0.2, 0.25) is 10.0 Å². The Bertz CT molecular complexity index is 592. The number of aryl methyl sites for hydroxylation is 1. The Labute approximate surface area is 114 Å². The molecule has 102 valence electrons. The lowest BCUT2D eigenvalue weighted by Gasteiger charge is -2.19. The van der Waals surface area contributed by atoms with Crippen LogP contribution in [0.15, 0.2) is 29.2 Å². The number of hydrogen-bond donors (Lipinski definition) is 0. The normalized spacial score (nSPS) is 17.9. The summed E-state index contributed by atoms with van der Waals surface area (Å²) in [4.78, 5) is 0.302. The molecule has 1 aromatic rings. The lowest BCUT2D eigenvalue weighted by atomic mass is 10.2. The van der Waals surface area contributed by atoms with E-state index in [0.717, 1.165) is 5.56 Å². The van der Waals surface area contributed by atoms with Crippen molar-refractivity contribution in [2.45, 2.75) is 24.8 Å². The number of nitrogens with zero attached hydrogens (tertiary/aromatic N) is 1. The van der Waals surface area contributed by atoms with E-state index in [0.29, 0.717) is 18.0 Å². The third kappa shape index (κ3) is 3.57. The fraction of sp³-hybridized carbons (Fsp3) is 0.429. The average Bonchev–Trinajstić information content (AvgIpc) is 3.18. The highest BCUT2D eigenvalue weighted by Gasteiger charge is 2.32. The van der Waals surface area contributed by atoms with Gasteiger partial charge in [0.15, 0.2) is 0 Å². The van der Waals surface area contributed by atoms with Crippen LogP contribution in [0.25, 0.3) is 0 Å². The standard InChI is InChI=1S/C14H17NO3S/c1-3-4-9-15(10-13-11-18-13)19(16,17)14-7-5-12(2)6-8-14/h5-8,13H,9-11H2,1-2H3. The van der Waals surface area contributed by atoms with Crippen molar-refractivity contribution >= 4 is 10.0 Å². The summed E-state index contributed by atoms with van der Waals surface area (Å²) in [6, 6.07) is 6.85. The predicted octanol–water partition coefficient (Wildman–Crippen LogP) is 1.41. The molecule has 4 nitrogen and oxygen atoms in total. The highest BCUT2D eigenvalue weighted by atomic mass is 32.2. The van der Waals surface area contributed by atoms with E-state index in [1.807, 2.05) is 6.92 Å². The molecule has 1 saturated heterocycles. The molecule has 0 radical (unpaired) electrons. The van der Waals surface area contributed by atoms with Crippen LogP contribution in [0.2, 0.25) is 0 Å². The van der Waals surface area contributed by atoms with Crippen LogP contribution in [0.5, 0.6) is 0 Å². The van der Waals surface area contributed by atoms with Gasteiger partial charge in [0, 0.05) is 6.54 Å². The van der Waals surface area contributed by atoms with Crippen molar-refractivity contribution in [2.24, 2.45) is 0 Å². The van der Waals surface area contributed by atoms with E-state index in [2.05, 4.69) is 11.8 Å². The van der Waals surface area contributed by atoms with Gasteiger partial charge in [-0.2, -0.15) is 4.31 Å². The summed E-state index contributed by atoms with van der Waals surface area (Å²) in [7, 11) is -3.49. The van der Waals surface area contributed by atoms with Crippen LogP contribution in [0, 0.1) is 18.8 Å². The Morgan fingerprint density at radius 2 is 2.00 bits per heavy atom. The first-order valence-corrected chi connectivity index (χ1v) is 7.56. The minimum atomic E-state index is -3.49. The molecule has 1 aliphatic heterocycles. The summed E-state index contributed by atoms with van der Waals surface area (Å²) < 4.78 is 31.5. The Morgan fingerprint density at radius 1 is 1.37 bits per heavy atom. The molecule has 0 saturated carbocycles. The van der Waals surface area contributed by atoms with Crippen LogP contribution in [0.1, 0.15) is 12.5 Å². The number of hydrogen-bond acceptors (Lipinski definition) is 3. The van der Waals surface area contributed by atoms with Gasteiger partial charge in [-0.3, -0.25) is 0 Å². The van der Waals surface area contributed by atoms with Gasteiger partial charge in [-0.25, -0.2) is 8.42 Å². The zero-order chi connectivity index (χ0) is 13.9. The maximum Gasteiger partial charge on any atom is 0.244 e. The molecule has 1 heterocycles. The second-order valence-electron chi connectivity index (χ2n) is 4.49. The minimum Gasteiger partial charge on any atom is -0.372 e. The quantitative estimate of drug-likeness (QED) is 0.605.